The van der Waals surface area contributed by atoms with Gasteiger partial charge in [-0.15, -0.1) is 0 Å². The van der Waals surface area contributed by atoms with Crippen LogP contribution in [0.25, 0.3) is 0 Å². The number of carbonyl (C=O) groups is 1. The van der Waals surface area contributed by atoms with Crippen LogP contribution >= 0.6 is 0 Å². The third kappa shape index (κ3) is 7.82. The molecule has 0 aliphatic carbocycles. The van der Waals surface area contributed by atoms with Gasteiger partial charge in [-0.1, -0.05) is 57.2 Å². The summed E-state index contributed by atoms with van der Waals surface area (Å²) in [6, 6.07) is 20.5. The molecule has 186 valence electrons. The SMILES string of the molecule is CC(C)(C)c1ccc(N(CC(=O)NCc2ccc(OCc3ccc(F)cc3)cc2)S(C)(=O)=O)cc1. The Kier molecular flexibility index (Phi) is 8.17. The van der Waals surface area contributed by atoms with E-state index in [0.717, 1.165) is 27.3 Å². The number of anilines is 1. The number of hydrogen-bond donors (Lipinski definition) is 1. The Morgan fingerprint density at radius 3 is 2.03 bits per heavy atom. The molecule has 0 spiro atoms. The molecule has 1 N–H and O–H groups in total. The molecule has 3 rings (SSSR count). The van der Waals surface area contributed by atoms with Crippen LogP contribution in [0.2, 0.25) is 0 Å². The number of sulfonamides is 1. The predicted molar refractivity (Wildman–Crippen MR) is 136 cm³/mol. The van der Waals surface area contributed by atoms with Crippen LogP contribution in [-0.2, 0) is 33.4 Å². The Morgan fingerprint density at radius 2 is 1.49 bits per heavy atom. The predicted octanol–water partition coefficient (Wildman–Crippen LogP) is 4.78. The van der Waals surface area contributed by atoms with Crippen LogP contribution in [0.5, 0.6) is 5.75 Å². The summed E-state index contributed by atoms with van der Waals surface area (Å²) < 4.78 is 44.5. The number of amides is 1. The van der Waals surface area contributed by atoms with E-state index in [0.29, 0.717) is 18.0 Å². The lowest BCUT2D eigenvalue weighted by Gasteiger charge is -2.24. The van der Waals surface area contributed by atoms with E-state index in [1.807, 2.05) is 24.3 Å². The van der Waals surface area contributed by atoms with Crippen molar-refractivity contribution in [2.45, 2.75) is 39.3 Å². The van der Waals surface area contributed by atoms with Gasteiger partial charge in [-0.05, 0) is 58.5 Å². The molecule has 3 aromatic rings. The number of carbonyl (C=O) groups excluding carboxylic acids is 1. The standard InChI is InChI=1S/C27H31FN2O4S/c1-27(2,3)22-9-13-24(14-10-22)30(35(4,32)33)18-26(31)29-17-20-7-15-25(16-8-20)34-19-21-5-11-23(28)12-6-21/h5-16H,17-19H2,1-4H3,(H,29,31). The van der Waals surface area contributed by atoms with Crippen molar-refractivity contribution in [1.82, 2.24) is 5.32 Å². The van der Waals surface area contributed by atoms with E-state index in [9.17, 15) is 17.6 Å². The summed E-state index contributed by atoms with van der Waals surface area (Å²) >= 11 is 0. The normalized spacial score (nSPS) is 11.7. The molecule has 0 aliphatic rings. The molecule has 3 aromatic carbocycles. The Labute approximate surface area is 206 Å². The Balaban J connectivity index is 1.56. The highest BCUT2D eigenvalue weighted by Gasteiger charge is 2.22. The number of rotatable bonds is 9. The average Bonchev–Trinajstić information content (AvgIpc) is 2.80. The van der Waals surface area contributed by atoms with Crippen molar-refractivity contribution < 1.29 is 22.3 Å². The van der Waals surface area contributed by atoms with Gasteiger partial charge >= 0.3 is 0 Å². The molecular weight excluding hydrogens is 467 g/mol. The summed E-state index contributed by atoms with van der Waals surface area (Å²) in [6.07, 6.45) is 1.09. The zero-order valence-electron chi connectivity index (χ0n) is 20.4. The molecule has 8 heteroatoms. The molecule has 0 fully saturated rings. The average molecular weight is 499 g/mol. The third-order valence-corrected chi connectivity index (χ3v) is 6.58. The van der Waals surface area contributed by atoms with Gasteiger partial charge in [0, 0.05) is 6.54 Å². The monoisotopic (exact) mass is 498 g/mol. The number of ether oxygens (including phenoxy) is 1. The molecule has 6 nitrogen and oxygen atoms in total. The third-order valence-electron chi connectivity index (χ3n) is 5.44. The molecule has 1 amide bonds. The fraction of sp³-hybridized carbons (Fsp3) is 0.296. The first-order valence-electron chi connectivity index (χ1n) is 11.2. The topological polar surface area (TPSA) is 75.7 Å². The fourth-order valence-electron chi connectivity index (χ4n) is 3.37. The summed E-state index contributed by atoms with van der Waals surface area (Å²) in [7, 11) is -3.65. The molecule has 0 heterocycles. The highest BCUT2D eigenvalue weighted by atomic mass is 32.2. The number of nitrogens with one attached hydrogen (secondary N) is 1. The fourth-order valence-corrected chi connectivity index (χ4v) is 4.22. The first-order chi connectivity index (χ1) is 16.4. The van der Waals surface area contributed by atoms with E-state index < -0.39 is 15.9 Å². The van der Waals surface area contributed by atoms with E-state index in [-0.39, 0.29) is 24.3 Å². The lowest BCUT2D eigenvalue weighted by molar-refractivity contribution is -0.119. The van der Waals surface area contributed by atoms with Crippen LogP contribution in [0.15, 0.2) is 72.8 Å². The molecule has 0 unspecified atom stereocenters. The van der Waals surface area contributed by atoms with Gasteiger partial charge in [-0.25, -0.2) is 12.8 Å². The van der Waals surface area contributed by atoms with Gasteiger partial charge in [0.15, 0.2) is 0 Å². The molecule has 0 bridgehead atoms. The van der Waals surface area contributed by atoms with Crippen molar-refractivity contribution in [3.63, 3.8) is 0 Å². The van der Waals surface area contributed by atoms with E-state index in [4.69, 9.17) is 4.74 Å². The molecule has 0 saturated heterocycles. The van der Waals surface area contributed by atoms with E-state index in [1.165, 1.54) is 12.1 Å². The van der Waals surface area contributed by atoms with Crippen molar-refractivity contribution in [2.75, 3.05) is 17.1 Å². The zero-order valence-corrected chi connectivity index (χ0v) is 21.2. The van der Waals surface area contributed by atoms with Crippen LogP contribution in [0.3, 0.4) is 0 Å². The van der Waals surface area contributed by atoms with E-state index in [2.05, 4.69) is 26.1 Å². The smallest absolute Gasteiger partial charge is 0.241 e. The first kappa shape index (κ1) is 26.2. The summed E-state index contributed by atoms with van der Waals surface area (Å²) in [4.78, 5) is 12.6. The maximum Gasteiger partial charge on any atom is 0.241 e. The number of nitrogens with zero attached hydrogens (tertiary/aromatic N) is 1. The summed E-state index contributed by atoms with van der Waals surface area (Å²) in [6.45, 7) is 6.48. The molecule has 0 saturated carbocycles. The van der Waals surface area contributed by atoms with Crippen LogP contribution < -0.4 is 14.4 Å². The van der Waals surface area contributed by atoms with Gasteiger partial charge in [0.05, 0.1) is 11.9 Å². The molecule has 35 heavy (non-hydrogen) atoms. The van der Waals surface area contributed by atoms with Crippen molar-refractivity contribution in [1.29, 1.82) is 0 Å². The van der Waals surface area contributed by atoms with Crippen molar-refractivity contribution in [3.8, 4) is 5.75 Å². The minimum absolute atomic E-state index is 0.0621. The van der Waals surface area contributed by atoms with Crippen LogP contribution in [-0.4, -0.2) is 27.1 Å². The molecule has 0 atom stereocenters. The van der Waals surface area contributed by atoms with Gasteiger partial charge in [-0.3, -0.25) is 9.10 Å². The highest BCUT2D eigenvalue weighted by molar-refractivity contribution is 7.92. The second-order valence-electron chi connectivity index (χ2n) is 9.40. The lowest BCUT2D eigenvalue weighted by atomic mass is 9.87. The quantitative estimate of drug-likeness (QED) is 0.461. The van der Waals surface area contributed by atoms with Gasteiger partial charge in [-0.2, -0.15) is 0 Å². The maximum atomic E-state index is 13.0. The van der Waals surface area contributed by atoms with Crippen LogP contribution in [0, 0.1) is 5.82 Å². The summed E-state index contributed by atoms with van der Waals surface area (Å²) in [5.74, 6) is -0.0587. The number of hydrogen-bond acceptors (Lipinski definition) is 4. The van der Waals surface area contributed by atoms with E-state index >= 15 is 0 Å². The minimum Gasteiger partial charge on any atom is -0.489 e. The highest BCUT2D eigenvalue weighted by Crippen LogP contribution is 2.26. The van der Waals surface area contributed by atoms with Gasteiger partial charge in [0.2, 0.25) is 15.9 Å². The lowest BCUT2D eigenvalue weighted by Crippen LogP contribution is -2.40. The van der Waals surface area contributed by atoms with E-state index in [1.54, 1.807) is 36.4 Å². The largest absolute Gasteiger partial charge is 0.489 e. The van der Waals surface area contributed by atoms with Crippen molar-refractivity contribution in [2.24, 2.45) is 0 Å². The molecule has 0 aliphatic heterocycles. The summed E-state index contributed by atoms with van der Waals surface area (Å²) in [5, 5.41) is 2.77. The Hall–Kier alpha value is -3.39. The van der Waals surface area contributed by atoms with Crippen LogP contribution in [0.1, 0.15) is 37.5 Å². The molecular formula is C27H31FN2O4S. The zero-order chi connectivity index (χ0) is 25.6. The van der Waals surface area contributed by atoms with Gasteiger partial charge in [0.1, 0.15) is 24.7 Å². The number of benzene rings is 3. The Morgan fingerprint density at radius 1 is 0.914 bits per heavy atom. The molecule has 0 aromatic heterocycles. The summed E-state index contributed by atoms with van der Waals surface area (Å²) in [5.41, 5.74) is 3.15. The van der Waals surface area contributed by atoms with Gasteiger partial charge < -0.3 is 10.1 Å². The van der Waals surface area contributed by atoms with Gasteiger partial charge in [0.25, 0.3) is 0 Å². The minimum atomic E-state index is -3.65. The number of halogens is 1. The van der Waals surface area contributed by atoms with Crippen LogP contribution in [0.4, 0.5) is 10.1 Å². The van der Waals surface area contributed by atoms with Crippen molar-refractivity contribution in [3.05, 3.63) is 95.3 Å². The van der Waals surface area contributed by atoms with Crippen molar-refractivity contribution >= 4 is 21.6 Å². The second kappa shape index (κ2) is 10.9. The first-order valence-corrected chi connectivity index (χ1v) is 13.1. The molecule has 0 radical (unpaired) electrons. The maximum absolute atomic E-state index is 13.0. The second-order valence-corrected chi connectivity index (χ2v) is 11.3. The Bertz CT molecular complexity index is 1230.